The molecule has 0 N–H and O–H groups in total. The number of benzene rings is 2. The zero-order valence-corrected chi connectivity index (χ0v) is 16.8. The number of fused-ring (bicyclic) bond motifs is 1. The van der Waals surface area contributed by atoms with Crippen LogP contribution in [0.3, 0.4) is 0 Å². The van der Waals surface area contributed by atoms with Crippen LogP contribution in [0.2, 0.25) is 5.02 Å². The molecule has 1 heterocycles. The quantitative estimate of drug-likeness (QED) is 0.316. The molecule has 0 spiro atoms. The van der Waals surface area contributed by atoms with Crippen LogP contribution in [-0.2, 0) is 4.74 Å². The van der Waals surface area contributed by atoms with Crippen molar-refractivity contribution in [3.05, 3.63) is 63.9 Å². The molecular formula is C20H21ClN2O3S. The molecule has 142 valence electrons. The number of rotatable bonds is 8. The standard InChI is InChI=1S/C20H21ClN2O3S/c1-14(13-25-2)23-19(24)15-7-3-5-9-17(15)22-20(23)27-12-11-26-18-10-6-4-8-16(18)21/h3-10,14H,11-13H2,1-2H3. The van der Waals surface area contributed by atoms with Crippen LogP contribution >= 0.6 is 23.4 Å². The number of para-hydroxylation sites is 2. The van der Waals surface area contributed by atoms with Gasteiger partial charge in [0.25, 0.3) is 5.56 Å². The van der Waals surface area contributed by atoms with Crippen LogP contribution in [0.1, 0.15) is 13.0 Å². The monoisotopic (exact) mass is 404 g/mol. The molecule has 0 bridgehead atoms. The van der Waals surface area contributed by atoms with Crippen LogP contribution in [0.25, 0.3) is 10.9 Å². The maximum Gasteiger partial charge on any atom is 0.262 e. The number of hydrogen-bond donors (Lipinski definition) is 0. The van der Waals surface area contributed by atoms with E-state index in [4.69, 9.17) is 26.1 Å². The van der Waals surface area contributed by atoms with Crippen molar-refractivity contribution in [1.82, 2.24) is 9.55 Å². The van der Waals surface area contributed by atoms with E-state index < -0.39 is 0 Å². The molecule has 0 aliphatic heterocycles. The number of nitrogens with zero attached hydrogens (tertiary/aromatic N) is 2. The van der Waals surface area contributed by atoms with Gasteiger partial charge in [-0.15, -0.1) is 0 Å². The third kappa shape index (κ3) is 4.64. The number of thioether (sulfide) groups is 1. The van der Waals surface area contributed by atoms with Gasteiger partial charge >= 0.3 is 0 Å². The second kappa shape index (κ2) is 9.26. The third-order valence-electron chi connectivity index (χ3n) is 4.03. The Kier molecular flexibility index (Phi) is 6.77. The molecule has 0 aliphatic rings. The highest BCUT2D eigenvalue weighted by atomic mass is 35.5. The topological polar surface area (TPSA) is 53.4 Å². The lowest BCUT2D eigenvalue weighted by molar-refractivity contribution is 0.156. The van der Waals surface area contributed by atoms with Crippen LogP contribution in [0, 0.1) is 0 Å². The molecule has 0 aliphatic carbocycles. The van der Waals surface area contributed by atoms with Gasteiger partial charge in [-0.3, -0.25) is 9.36 Å². The first-order valence-corrected chi connectivity index (χ1v) is 9.98. The van der Waals surface area contributed by atoms with Gasteiger partial charge in [-0.25, -0.2) is 4.98 Å². The van der Waals surface area contributed by atoms with Crippen LogP contribution < -0.4 is 10.3 Å². The number of halogens is 1. The summed E-state index contributed by atoms with van der Waals surface area (Å²) in [5.41, 5.74) is 0.637. The fourth-order valence-corrected chi connectivity index (χ4v) is 3.88. The highest BCUT2D eigenvalue weighted by Gasteiger charge is 2.16. The zero-order chi connectivity index (χ0) is 19.2. The van der Waals surface area contributed by atoms with E-state index >= 15 is 0 Å². The SMILES string of the molecule is COCC(C)n1c(SCCOc2ccccc2Cl)nc2ccccc2c1=O. The van der Waals surface area contributed by atoms with E-state index in [0.29, 0.717) is 45.8 Å². The molecule has 0 amide bonds. The molecule has 0 radical (unpaired) electrons. The van der Waals surface area contributed by atoms with Gasteiger partial charge in [0.2, 0.25) is 0 Å². The van der Waals surface area contributed by atoms with Crippen molar-refractivity contribution in [1.29, 1.82) is 0 Å². The summed E-state index contributed by atoms with van der Waals surface area (Å²) in [6, 6.07) is 14.6. The summed E-state index contributed by atoms with van der Waals surface area (Å²) in [6.45, 7) is 2.84. The molecular weight excluding hydrogens is 384 g/mol. The highest BCUT2D eigenvalue weighted by Crippen LogP contribution is 2.25. The molecule has 7 heteroatoms. The van der Waals surface area contributed by atoms with E-state index in [1.54, 1.807) is 23.8 Å². The average molecular weight is 405 g/mol. The summed E-state index contributed by atoms with van der Waals surface area (Å²) in [5, 5.41) is 1.85. The summed E-state index contributed by atoms with van der Waals surface area (Å²) in [5.74, 6) is 1.28. The van der Waals surface area contributed by atoms with Crippen molar-refractivity contribution in [2.24, 2.45) is 0 Å². The molecule has 1 atom stereocenters. The van der Waals surface area contributed by atoms with Gasteiger partial charge in [0.05, 0.1) is 35.2 Å². The van der Waals surface area contributed by atoms with Crippen molar-refractivity contribution in [3.8, 4) is 5.75 Å². The molecule has 1 unspecified atom stereocenters. The second-order valence-electron chi connectivity index (χ2n) is 6.02. The third-order valence-corrected chi connectivity index (χ3v) is 5.26. The summed E-state index contributed by atoms with van der Waals surface area (Å²) in [7, 11) is 1.63. The van der Waals surface area contributed by atoms with E-state index in [-0.39, 0.29) is 11.6 Å². The lowest BCUT2D eigenvalue weighted by atomic mass is 10.2. The minimum Gasteiger partial charge on any atom is -0.491 e. The van der Waals surface area contributed by atoms with E-state index in [1.807, 2.05) is 43.3 Å². The highest BCUT2D eigenvalue weighted by molar-refractivity contribution is 7.99. The Morgan fingerprint density at radius 2 is 1.93 bits per heavy atom. The number of hydrogen-bond acceptors (Lipinski definition) is 5. The van der Waals surface area contributed by atoms with Crippen molar-refractivity contribution in [3.63, 3.8) is 0 Å². The maximum absolute atomic E-state index is 13.0. The summed E-state index contributed by atoms with van der Waals surface area (Å²) in [6.07, 6.45) is 0. The van der Waals surface area contributed by atoms with Gasteiger partial charge in [-0.2, -0.15) is 0 Å². The molecule has 0 fully saturated rings. The molecule has 3 rings (SSSR count). The Bertz CT molecular complexity index is 977. The fourth-order valence-electron chi connectivity index (χ4n) is 2.78. The smallest absolute Gasteiger partial charge is 0.262 e. The van der Waals surface area contributed by atoms with Gasteiger partial charge < -0.3 is 9.47 Å². The van der Waals surface area contributed by atoms with Gasteiger partial charge in [0, 0.05) is 12.9 Å². The van der Waals surface area contributed by atoms with E-state index in [2.05, 4.69) is 0 Å². The lowest BCUT2D eigenvalue weighted by Crippen LogP contribution is -2.28. The van der Waals surface area contributed by atoms with Crippen molar-refractivity contribution in [2.75, 3.05) is 26.1 Å². The van der Waals surface area contributed by atoms with Crippen molar-refractivity contribution < 1.29 is 9.47 Å². The van der Waals surface area contributed by atoms with Crippen LogP contribution in [0.15, 0.2) is 58.5 Å². The largest absolute Gasteiger partial charge is 0.491 e. The Hall–Kier alpha value is -2.02. The average Bonchev–Trinajstić information content (AvgIpc) is 2.67. The summed E-state index contributed by atoms with van der Waals surface area (Å²) >= 11 is 7.59. The van der Waals surface area contributed by atoms with Crippen LogP contribution in [0.5, 0.6) is 5.75 Å². The first-order valence-electron chi connectivity index (χ1n) is 8.62. The first-order chi connectivity index (χ1) is 13.1. The molecule has 27 heavy (non-hydrogen) atoms. The van der Waals surface area contributed by atoms with E-state index in [0.717, 1.165) is 0 Å². The molecule has 1 aromatic heterocycles. The number of aromatic nitrogens is 2. The van der Waals surface area contributed by atoms with Crippen molar-refractivity contribution >= 4 is 34.3 Å². The summed E-state index contributed by atoms with van der Waals surface area (Å²) < 4.78 is 12.7. The lowest BCUT2D eigenvalue weighted by Gasteiger charge is -2.19. The Morgan fingerprint density at radius 3 is 2.70 bits per heavy atom. The summed E-state index contributed by atoms with van der Waals surface area (Å²) in [4.78, 5) is 17.7. The van der Waals surface area contributed by atoms with Crippen LogP contribution in [-0.4, -0.2) is 35.6 Å². The van der Waals surface area contributed by atoms with E-state index in [9.17, 15) is 4.79 Å². The number of methoxy groups -OCH3 is 1. The zero-order valence-electron chi connectivity index (χ0n) is 15.2. The Morgan fingerprint density at radius 1 is 1.19 bits per heavy atom. The Labute approximate surface area is 167 Å². The van der Waals surface area contributed by atoms with Gasteiger partial charge in [-0.05, 0) is 31.2 Å². The maximum atomic E-state index is 13.0. The minimum absolute atomic E-state index is 0.0559. The molecule has 5 nitrogen and oxygen atoms in total. The number of ether oxygens (including phenoxy) is 2. The van der Waals surface area contributed by atoms with E-state index in [1.165, 1.54) is 11.8 Å². The minimum atomic E-state index is -0.119. The molecule has 0 saturated heterocycles. The molecule has 3 aromatic rings. The predicted molar refractivity (Wildman–Crippen MR) is 110 cm³/mol. The second-order valence-corrected chi connectivity index (χ2v) is 7.49. The molecule has 0 saturated carbocycles. The normalized spacial score (nSPS) is 12.3. The van der Waals surface area contributed by atoms with Gasteiger partial charge in [0.15, 0.2) is 5.16 Å². The van der Waals surface area contributed by atoms with Gasteiger partial charge in [0.1, 0.15) is 5.75 Å². The molecule has 2 aromatic carbocycles. The Balaban J connectivity index is 1.81. The van der Waals surface area contributed by atoms with Crippen molar-refractivity contribution in [2.45, 2.75) is 18.1 Å². The van der Waals surface area contributed by atoms with Crippen LogP contribution in [0.4, 0.5) is 0 Å². The first kappa shape index (κ1) is 19.7. The predicted octanol–water partition coefficient (Wildman–Crippen LogP) is 4.43. The van der Waals surface area contributed by atoms with Gasteiger partial charge in [-0.1, -0.05) is 47.6 Å². The fraction of sp³-hybridized carbons (Fsp3) is 0.300.